The fourth-order valence-corrected chi connectivity index (χ4v) is 3.00. The van der Waals surface area contributed by atoms with Gasteiger partial charge in [0, 0.05) is 19.5 Å². The number of urea groups is 1. The van der Waals surface area contributed by atoms with Crippen LogP contribution in [0.4, 0.5) is 4.79 Å². The molecule has 0 aliphatic carbocycles. The maximum Gasteiger partial charge on any atom is 0.328 e. The lowest BCUT2D eigenvalue weighted by molar-refractivity contribution is -0.149. The smallest absolute Gasteiger partial charge is 0.328 e. The van der Waals surface area contributed by atoms with Crippen LogP contribution >= 0.6 is 0 Å². The highest BCUT2D eigenvalue weighted by molar-refractivity contribution is 5.84. The van der Waals surface area contributed by atoms with Gasteiger partial charge in [0.15, 0.2) is 0 Å². The Balaban J connectivity index is 1.91. The second-order valence-corrected chi connectivity index (χ2v) is 6.23. The van der Waals surface area contributed by atoms with Crippen LogP contribution in [0, 0.1) is 5.92 Å². The van der Waals surface area contributed by atoms with E-state index in [0.29, 0.717) is 39.0 Å². The summed E-state index contributed by atoms with van der Waals surface area (Å²) in [5.74, 6) is -0.854. The van der Waals surface area contributed by atoms with Gasteiger partial charge in [0.1, 0.15) is 6.04 Å². The molecule has 142 valence electrons. The van der Waals surface area contributed by atoms with E-state index in [-0.39, 0.29) is 17.9 Å². The molecule has 0 spiro atoms. The number of nitrogens with one attached hydrogen (secondary N) is 1. The molecule has 26 heavy (non-hydrogen) atoms. The average molecular weight is 362 g/mol. The third-order valence-corrected chi connectivity index (χ3v) is 4.47. The lowest BCUT2D eigenvalue weighted by Crippen LogP contribution is -2.51. The van der Waals surface area contributed by atoms with Crippen molar-refractivity contribution in [2.24, 2.45) is 5.92 Å². The van der Waals surface area contributed by atoms with Crippen molar-refractivity contribution in [3.8, 4) is 0 Å². The number of methoxy groups -OCH3 is 1. The lowest BCUT2D eigenvalue weighted by atomic mass is 9.97. The topological polar surface area (TPSA) is 84.9 Å². The van der Waals surface area contributed by atoms with Crippen molar-refractivity contribution in [2.45, 2.75) is 32.2 Å². The number of nitrogens with zero attached hydrogens (tertiary/aromatic N) is 1. The first-order chi connectivity index (χ1) is 12.5. The Bertz CT molecular complexity index is 612. The minimum absolute atomic E-state index is 0.167. The summed E-state index contributed by atoms with van der Waals surface area (Å²) in [7, 11) is 1.30. The van der Waals surface area contributed by atoms with Gasteiger partial charge in [-0.15, -0.1) is 0 Å². The predicted molar refractivity (Wildman–Crippen MR) is 95.4 cm³/mol. The molecule has 1 aliphatic rings. The number of carbonyl (C=O) groups excluding carboxylic acids is 3. The molecule has 1 aromatic carbocycles. The molecule has 0 radical (unpaired) electrons. The van der Waals surface area contributed by atoms with Gasteiger partial charge >= 0.3 is 18.0 Å². The van der Waals surface area contributed by atoms with Crippen molar-refractivity contribution in [1.29, 1.82) is 0 Å². The summed E-state index contributed by atoms with van der Waals surface area (Å²) in [6.45, 7) is 3.04. The number of carbonyl (C=O) groups is 3. The van der Waals surface area contributed by atoms with Crippen molar-refractivity contribution >= 4 is 18.0 Å². The summed E-state index contributed by atoms with van der Waals surface area (Å²) in [4.78, 5) is 37.9. The van der Waals surface area contributed by atoms with Crippen LogP contribution in [-0.4, -0.2) is 55.7 Å². The van der Waals surface area contributed by atoms with E-state index >= 15 is 0 Å². The van der Waals surface area contributed by atoms with Crippen molar-refractivity contribution in [2.75, 3.05) is 26.8 Å². The standard InChI is InChI=1S/C19H26N2O5/c1-3-26-17(22)15-9-11-21(12-10-15)19(24)20-16(18(23)25-2)13-14-7-5-4-6-8-14/h4-8,15-16H,3,9-13H2,1-2H3,(H,20,24)/t16-/m0/s1. The molecule has 2 rings (SSSR count). The zero-order valence-electron chi connectivity index (χ0n) is 15.3. The van der Waals surface area contributed by atoms with Crippen molar-refractivity contribution < 1.29 is 23.9 Å². The minimum atomic E-state index is -0.752. The van der Waals surface area contributed by atoms with E-state index in [1.54, 1.807) is 11.8 Å². The van der Waals surface area contributed by atoms with E-state index in [9.17, 15) is 14.4 Å². The maximum absolute atomic E-state index is 12.5. The zero-order valence-corrected chi connectivity index (χ0v) is 15.3. The fraction of sp³-hybridized carbons (Fsp3) is 0.526. The maximum atomic E-state index is 12.5. The Morgan fingerprint density at radius 2 is 1.85 bits per heavy atom. The summed E-state index contributed by atoms with van der Waals surface area (Å²) in [6.07, 6.45) is 1.49. The van der Waals surface area contributed by atoms with E-state index in [4.69, 9.17) is 9.47 Å². The molecule has 1 fully saturated rings. The Kier molecular flexibility index (Phi) is 7.44. The highest BCUT2D eigenvalue weighted by Gasteiger charge is 2.30. The summed E-state index contributed by atoms with van der Waals surface area (Å²) in [5, 5.41) is 2.75. The van der Waals surface area contributed by atoms with Gasteiger partial charge in [-0.25, -0.2) is 9.59 Å². The SMILES string of the molecule is CCOC(=O)C1CCN(C(=O)N[C@@H](Cc2ccccc2)C(=O)OC)CC1. The molecule has 7 nitrogen and oxygen atoms in total. The molecule has 1 aliphatic heterocycles. The first-order valence-corrected chi connectivity index (χ1v) is 8.89. The minimum Gasteiger partial charge on any atom is -0.467 e. The number of likely N-dealkylation sites (tertiary alicyclic amines) is 1. The molecule has 0 bridgehead atoms. The fourth-order valence-electron chi connectivity index (χ4n) is 3.00. The number of amides is 2. The van der Waals surface area contributed by atoms with Crippen molar-refractivity contribution in [3.05, 3.63) is 35.9 Å². The summed E-state index contributed by atoms with van der Waals surface area (Å²) in [6, 6.07) is 8.37. The molecule has 7 heteroatoms. The first-order valence-electron chi connectivity index (χ1n) is 8.89. The van der Waals surface area contributed by atoms with Crippen LogP contribution in [0.3, 0.4) is 0 Å². The molecule has 1 N–H and O–H groups in total. The number of esters is 2. The number of piperidine rings is 1. The molecule has 1 aromatic rings. The van der Waals surface area contributed by atoms with Gasteiger partial charge in [-0.05, 0) is 25.3 Å². The zero-order chi connectivity index (χ0) is 18.9. The normalized spacial score (nSPS) is 15.8. The average Bonchev–Trinajstić information content (AvgIpc) is 2.68. The molecule has 0 aromatic heterocycles. The Hall–Kier alpha value is -2.57. The molecule has 1 atom stereocenters. The molecule has 0 saturated carbocycles. The van der Waals surface area contributed by atoms with Crippen LogP contribution in [-0.2, 0) is 25.5 Å². The molecule has 2 amide bonds. The van der Waals surface area contributed by atoms with Gasteiger partial charge in [-0.1, -0.05) is 30.3 Å². The molecular formula is C19H26N2O5. The van der Waals surface area contributed by atoms with Crippen LogP contribution in [0.2, 0.25) is 0 Å². The van der Waals surface area contributed by atoms with Crippen molar-refractivity contribution in [3.63, 3.8) is 0 Å². The Morgan fingerprint density at radius 1 is 1.19 bits per heavy atom. The van der Waals surface area contributed by atoms with Gasteiger partial charge < -0.3 is 19.7 Å². The largest absolute Gasteiger partial charge is 0.467 e. The molecule has 0 unspecified atom stereocenters. The number of hydrogen-bond donors (Lipinski definition) is 1. The lowest BCUT2D eigenvalue weighted by Gasteiger charge is -2.32. The highest BCUT2D eigenvalue weighted by atomic mass is 16.5. The van der Waals surface area contributed by atoms with Crippen LogP contribution in [0.1, 0.15) is 25.3 Å². The van der Waals surface area contributed by atoms with Gasteiger partial charge in [0.05, 0.1) is 19.6 Å². The Labute approximate surface area is 153 Å². The molecular weight excluding hydrogens is 336 g/mol. The highest BCUT2D eigenvalue weighted by Crippen LogP contribution is 2.19. The van der Waals surface area contributed by atoms with Gasteiger partial charge in [-0.3, -0.25) is 4.79 Å². The third-order valence-electron chi connectivity index (χ3n) is 4.47. The second-order valence-electron chi connectivity index (χ2n) is 6.23. The second kappa shape index (κ2) is 9.79. The van der Waals surface area contributed by atoms with E-state index in [1.165, 1.54) is 7.11 Å². The van der Waals surface area contributed by atoms with Crippen LogP contribution in [0.15, 0.2) is 30.3 Å². The van der Waals surface area contributed by atoms with Gasteiger partial charge in [-0.2, -0.15) is 0 Å². The number of ether oxygens (including phenoxy) is 2. The van der Waals surface area contributed by atoms with Crippen LogP contribution < -0.4 is 5.32 Å². The van der Waals surface area contributed by atoms with Crippen LogP contribution in [0.5, 0.6) is 0 Å². The monoisotopic (exact) mass is 362 g/mol. The van der Waals surface area contributed by atoms with Gasteiger partial charge in [0.2, 0.25) is 0 Å². The third kappa shape index (κ3) is 5.47. The number of benzene rings is 1. The summed E-state index contributed by atoms with van der Waals surface area (Å²) >= 11 is 0. The molecule has 1 saturated heterocycles. The predicted octanol–water partition coefficient (Wildman–Crippen LogP) is 1.76. The molecule has 1 heterocycles. The van der Waals surface area contributed by atoms with E-state index in [1.807, 2.05) is 30.3 Å². The quantitative estimate of drug-likeness (QED) is 0.780. The number of rotatable bonds is 6. The van der Waals surface area contributed by atoms with Crippen LogP contribution in [0.25, 0.3) is 0 Å². The van der Waals surface area contributed by atoms with Crippen molar-refractivity contribution in [1.82, 2.24) is 10.2 Å². The summed E-state index contributed by atoms with van der Waals surface area (Å²) < 4.78 is 9.85. The first kappa shape index (κ1) is 19.8. The Morgan fingerprint density at radius 3 is 2.42 bits per heavy atom. The van der Waals surface area contributed by atoms with E-state index in [2.05, 4.69) is 5.32 Å². The summed E-state index contributed by atoms with van der Waals surface area (Å²) in [5.41, 5.74) is 0.934. The van der Waals surface area contributed by atoms with Gasteiger partial charge in [0.25, 0.3) is 0 Å². The van der Waals surface area contributed by atoms with E-state index < -0.39 is 12.0 Å². The number of hydrogen-bond acceptors (Lipinski definition) is 5. The van der Waals surface area contributed by atoms with E-state index in [0.717, 1.165) is 5.56 Å².